The Hall–Kier alpha value is -1.96. The summed E-state index contributed by atoms with van der Waals surface area (Å²) in [5.41, 5.74) is 0.582. The molecule has 2 nitrogen and oxygen atoms in total. The molecule has 0 aromatic heterocycles. The van der Waals surface area contributed by atoms with Crippen LogP contribution in [0.1, 0.15) is 30.5 Å². The van der Waals surface area contributed by atoms with Crippen LogP contribution in [0.15, 0.2) is 48.4 Å². The second-order valence-corrected chi connectivity index (χ2v) is 4.39. The summed E-state index contributed by atoms with van der Waals surface area (Å²) in [5, 5.41) is 19.0. The van der Waals surface area contributed by atoms with Crippen LogP contribution in [-0.2, 0) is 5.41 Å². The summed E-state index contributed by atoms with van der Waals surface area (Å²) in [5.74, 6) is -0.745. The zero-order valence-electron chi connectivity index (χ0n) is 13.7. The van der Waals surface area contributed by atoms with Crippen molar-refractivity contribution in [2.24, 2.45) is 0 Å². The predicted molar refractivity (Wildman–Crippen MR) is 68.3 cm³/mol. The van der Waals surface area contributed by atoms with Gasteiger partial charge >= 0.3 is 0 Å². The summed E-state index contributed by atoms with van der Waals surface area (Å²) in [4.78, 5) is 0. The van der Waals surface area contributed by atoms with Gasteiger partial charge in [0.15, 0.2) is 0 Å². The molecule has 17 heavy (non-hydrogen) atoms. The van der Waals surface area contributed by atoms with E-state index in [-0.39, 0.29) is 35.7 Å². The lowest BCUT2D eigenvalue weighted by molar-refractivity contribution is 0.474. The lowest BCUT2D eigenvalue weighted by Gasteiger charge is -2.26. The average Bonchev–Trinajstić information content (AvgIpc) is 2.40. The van der Waals surface area contributed by atoms with E-state index in [0.29, 0.717) is 11.1 Å². The van der Waals surface area contributed by atoms with Crippen molar-refractivity contribution in [1.29, 1.82) is 0 Å². The second kappa shape index (κ2) is 4.13. The summed E-state index contributed by atoms with van der Waals surface area (Å²) >= 11 is 0. The molecule has 2 N–H and O–H groups in total. The van der Waals surface area contributed by atoms with E-state index in [4.69, 9.17) is 5.48 Å². The third-order valence-electron chi connectivity index (χ3n) is 2.90. The van der Waals surface area contributed by atoms with E-state index in [0.717, 1.165) is 0 Å². The quantitative estimate of drug-likeness (QED) is 0.838. The maximum absolute atomic E-state index is 9.52. The third kappa shape index (κ3) is 2.26. The van der Waals surface area contributed by atoms with E-state index < -0.39 is 5.41 Å². The highest BCUT2D eigenvalue weighted by Crippen LogP contribution is 2.32. The number of hydrogen-bond donors (Lipinski definition) is 2. The molecule has 0 aliphatic carbocycles. The molecular formula is C15H16O2. The van der Waals surface area contributed by atoms with Crippen LogP contribution in [0.5, 0.6) is 11.5 Å². The lowest BCUT2D eigenvalue weighted by atomic mass is 9.78. The number of benzene rings is 2. The molecule has 0 atom stereocenters. The Kier molecular flexibility index (Phi) is 1.79. The fourth-order valence-electron chi connectivity index (χ4n) is 1.64. The molecule has 0 saturated heterocycles. The molecule has 0 amide bonds. The van der Waals surface area contributed by atoms with Crippen LogP contribution in [0.3, 0.4) is 0 Å². The monoisotopic (exact) mass is 236 g/mol. The maximum atomic E-state index is 9.52. The minimum atomic E-state index is -0.668. The molecular weight excluding hydrogens is 212 g/mol. The van der Waals surface area contributed by atoms with E-state index in [2.05, 4.69) is 0 Å². The molecule has 0 spiro atoms. The van der Waals surface area contributed by atoms with Crippen LogP contribution in [-0.4, -0.2) is 10.2 Å². The largest absolute Gasteiger partial charge is 0.508 e. The Morgan fingerprint density at radius 2 is 1.12 bits per heavy atom. The van der Waals surface area contributed by atoms with Gasteiger partial charge in [-0.15, -0.1) is 0 Å². The minimum Gasteiger partial charge on any atom is -0.508 e. The molecule has 2 aromatic carbocycles. The molecule has 0 heterocycles. The van der Waals surface area contributed by atoms with Gasteiger partial charge in [0.25, 0.3) is 0 Å². The average molecular weight is 236 g/mol. The number of rotatable bonds is 2. The van der Waals surface area contributed by atoms with E-state index in [9.17, 15) is 10.2 Å². The lowest BCUT2D eigenvalue weighted by Crippen LogP contribution is -2.18. The molecule has 2 heteroatoms. The Morgan fingerprint density at radius 3 is 1.41 bits per heavy atom. The van der Waals surface area contributed by atoms with E-state index in [1.807, 2.05) is 13.8 Å². The summed E-state index contributed by atoms with van der Waals surface area (Å²) in [6.07, 6.45) is 0. The van der Waals surface area contributed by atoms with Crippen molar-refractivity contribution in [2.75, 3.05) is 0 Å². The Bertz CT molecular complexity index is 605. The molecule has 2 rings (SSSR count). The molecule has 0 aliphatic heterocycles. The summed E-state index contributed by atoms with van der Waals surface area (Å²) in [7, 11) is 0. The van der Waals surface area contributed by atoms with Gasteiger partial charge in [0, 0.05) is 5.41 Å². The molecule has 0 aliphatic rings. The molecule has 0 fully saturated rings. The number of aromatic hydroxyl groups is 2. The van der Waals surface area contributed by atoms with Gasteiger partial charge in [-0.1, -0.05) is 38.1 Å². The van der Waals surface area contributed by atoms with Crippen LogP contribution < -0.4 is 0 Å². The first-order valence-electron chi connectivity index (χ1n) is 7.26. The Morgan fingerprint density at radius 1 is 0.824 bits per heavy atom. The van der Waals surface area contributed by atoms with Crippen molar-refractivity contribution >= 4 is 0 Å². The summed E-state index contributed by atoms with van der Waals surface area (Å²) in [6.45, 7) is 3.67. The van der Waals surface area contributed by atoms with Gasteiger partial charge in [0.2, 0.25) is 0 Å². The standard InChI is InChI=1S/C15H16O2/c1-15(2,11-3-7-13(16)8-4-11)12-5-9-14(17)10-6-12/h3-10,16-17H,1-2H3/i7T,8T,9T,10T. The number of phenols is 2. The first kappa shape index (κ1) is 7.38. The molecule has 88 valence electrons. The van der Waals surface area contributed by atoms with Gasteiger partial charge in [-0.3, -0.25) is 0 Å². The van der Waals surface area contributed by atoms with Crippen LogP contribution in [0, 0.1) is 0 Å². The minimum absolute atomic E-state index is 0.137. The highest BCUT2D eigenvalue weighted by molar-refractivity contribution is 5.41. The second-order valence-electron chi connectivity index (χ2n) is 4.39. The third-order valence-corrected chi connectivity index (χ3v) is 2.90. The fraction of sp³-hybridized carbons (Fsp3) is 0.200. The van der Waals surface area contributed by atoms with Crippen molar-refractivity contribution in [3.05, 3.63) is 59.6 Å². The SMILES string of the molecule is [3H]c1cc(C(C)(C)c2cc([3H])c(O)c([3H])c2)cc([3H])c1O. The van der Waals surface area contributed by atoms with Crippen molar-refractivity contribution < 1.29 is 15.7 Å². The smallest absolute Gasteiger partial charge is 0.115 e. The summed E-state index contributed by atoms with van der Waals surface area (Å²) in [6, 6.07) is 5.31. The molecule has 0 saturated carbocycles. The van der Waals surface area contributed by atoms with E-state index >= 15 is 0 Å². The van der Waals surface area contributed by atoms with Crippen molar-refractivity contribution in [3.8, 4) is 11.5 Å². The van der Waals surface area contributed by atoms with Crippen LogP contribution >= 0.6 is 0 Å². The van der Waals surface area contributed by atoms with Gasteiger partial charge in [-0.2, -0.15) is 0 Å². The molecule has 0 unspecified atom stereocenters. The van der Waals surface area contributed by atoms with Crippen LogP contribution in [0.2, 0.25) is 0 Å². The zero-order valence-corrected chi connectivity index (χ0v) is 9.70. The molecule has 0 bridgehead atoms. The fourth-order valence-corrected chi connectivity index (χ4v) is 1.64. The van der Waals surface area contributed by atoms with Gasteiger partial charge in [0.05, 0.1) is 5.48 Å². The van der Waals surface area contributed by atoms with E-state index in [1.54, 1.807) is 0 Å². The number of hydrogen-bond acceptors (Lipinski definition) is 2. The van der Waals surface area contributed by atoms with Crippen molar-refractivity contribution in [3.63, 3.8) is 0 Å². The van der Waals surface area contributed by atoms with Crippen LogP contribution in [0.25, 0.3) is 0 Å². The highest BCUT2D eigenvalue weighted by Gasteiger charge is 2.22. The molecule has 0 radical (unpaired) electrons. The Labute approximate surface area is 107 Å². The first-order valence-corrected chi connectivity index (χ1v) is 5.26. The first-order chi connectivity index (χ1) is 9.64. The molecule has 2 aromatic rings. The normalized spacial score (nSPS) is 14.7. The predicted octanol–water partition coefficient (Wildman–Crippen LogP) is 3.42. The van der Waals surface area contributed by atoms with Gasteiger partial charge < -0.3 is 10.2 Å². The number of phenolic OH excluding ortho intramolecular Hbond substituents is 2. The van der Waals surface area contributed by atoms with Gasteiger partial charge in [-0.05, 0) is 35.3 Å². The maximum Gasteiger partial charge on any atom is 0.115 e. The van der Waals surface area contributed by atoms with E-state index in [1.165, 1.54) is 24.3 Å². The highest BCUT2D eigenvalue weighted by atomic mass is 16.3. The zero-order chi connectivity index (χ0) is 15.9. The van der Waals surface area contributed by atoms with Gasteiger partial charge in [-0.25, -0.2) is 0 Å². The Balaban J connectivity index is 2.61. The van der Waals surface area contributed by atoms with Gasteiger partial charge in [0.1, 0.15) is 11.5 Å². The van der Waals surface area contributed by atoms with Crippen LogP contribution in [0.4, 0.5) is 0 Å². The van der Waals surface area contributed by atoms with Crippen molar-refractivity contribution in [1.82, 2.24) is 0 Å². The topological polar surface area (TPSA) is 40.5 Å². The van der Waals surface area contributed by atoms with Crippen molar-refractivity contribution in [2.45, 2.75) is 19.3 Å². The summed E-state index contributed by atoms with van der Waals surface area (Å²) < 4.78 is 30.7.